The number of rotatable bonds is 3. The van der Waals surface area contributed by atoms with Crippen LogP contribution in [0, 0.1) is 0 Å². The number of morpholine rings is 1. The molecule has 1 heterocycles. The second-order valence-electron chi connectivity index (χ2n) is 6.47. The Kier molecular flexibility index (Phi) is 4.01. The van der Waals surface area contributed by atoms with Crippen LogP contribution in [-0.2, 0) is 14.3 Å². The van der Waals surface area contributed by atoms with Crippen molar-refractivity contribution in [2.75, 3.05) is 19.8 Å². The van der Waals surface area contributed by atoms with Crippen LogP contribution in [0.25, 0.3) is 11.1 Å². The molecule has 0 spiro atoms. The summed E-state index contributed by atoms with van der Waals surface area (Å²) in [6.45, 7) is 1.14. The number of benzene rings is 2. The lowest BCUT2D eigenvalue weighted by molar-refractivity contribution is -0.146. The van der Waals surface area contributed by atoms with E-state index >= 15 is 0 Å². The van der Waals surface area contributed by atoms with Crippen molar-refractivity contribution in [3.8, 4) is 11.1 Å². The Bertz CT molecular complexity index is 786. The van der Waals surface area contributed by atoms with Gasteiger partial charge in [-0.15, -0.1) is 0 Å². The number of fused-ring (bicyclic) bond motifs is 3. The predicted octanol–water partition coefficient (Wildman–Crippen LogP) is 2.50. The fraction of sp³-hybridized carbons (Fsp3) is 0.300. The number of carbonyl (C=O) groups excluding carboxylic acids is 1. The highest BCUT2D eigenvalue weighted by molar-refractivity contribution is 5.96. The molecule has 5 heteroatoms. The van der Waals surface area contributed by atoms with Gasteiger partial charge in [-0.3, -0.25) is 9.59 Å². The van der Waals surface area contributed by atoms with E-state index in [-0.39, 0.29) is 24.9 Å². The number of nitrogens with zero attached hydrogens (tertiary/aromatic N) is 1. The molecule has 0 bridgehead atoms. The zero-order valence-electron chi connectivity index (χ0n) is 13.7. The number of aliphatic carboxylic acids is 1. The summed E-state index contributed by atoms with van der Waals surface area (Å²) < 4.78 is 5.41. The van der Waals surface area contributed by atoms with Gasteiger partial charge in [-0.25, -0.2) is 0 Å². The molecule has 4 rings (SSSR count). The number of hydrogen-bond acceptors (Lipinski definition) is 3. The summed E-state index contributed by atoms with van der Waals surface area (Å²) in [6.07, 6.45) is -0.0955. The lowest BCUT2D eigenvalue weighted by Gasteiger charge is -2.36. The molecule has 2 aromatic rings. The molecule has 1 fully saturated rings. The molecule has 1 atom stereocenters. The summed E-state index contributed by atoms with van der Waals surface area (Å²) in [6, 6.07) is 15.5. The maximum absolute atomic E-state index is 13.4. The van der Waals surface area contributed by atoms with Crippen molar-refractivity contribution in [3.63, 3.8) is 0 Å². The van der Waals surface area contributed by atoms with Gasteiger partial charge in [0.15, 0.2) is 0 Å². The first kappa shape index (κ1) is 15.8. The molecule has 2 aromatic carbocycles. The van der Waals surface area contributed by atoms with Crippen LogP contribution in [0.1, 0.15) is 23.5 Å². The molecule has 0 aromatic heterocycles. The van der Waals surface area contributed by atoms with E-state index in [9.17, 15) is 9.59 Å². The number of hydrogen-bond donors (Lipinski definition) is 1. The van der Waals surface area contributed by atoms with Crippen LogP contribution in [-0.4, -0.2) is 47.7 Å². The van der Waals surface area contributed by atoms with Gasteiger partial charge in [-0.2, -0.15) is 0 Å². The van der Waals surface area contributed by atoms with E-state index in [0.717, 1.165) is 22.3 Å². The molecule has 1 aliphatic heterocycles. The molecule has 0 unspecified atom stereocenters. The van der Waals surface area contributed by atoms with E-state index in [0.29, 0.717) is 13.2 Å². The molecular weight excluding hydrogens is 318 g/mol. The third kappa shape index (κ3) is 2.70. The van der Waals surface area contributed by atoms with Gasteiger partial charge in [0.1, 0.15) is 0 Å². The third-order valence-corrected chi connectivity index (χ3v) is 5.00. The smallest absolute Gasteiger partial charge is 0.305 e. The lowest BCUT2D eigenvalue weighted by Crippen LogP contribution is -2.51. The minimum atomic E-state index is -0.916. The van der Waals surface area contributed by atoms with E-state index in [1.165, 1.54) is 0 Å². The SMILES string of the molecule is O=C(O)C[C@@H]1COCCN1C(=O)C1c2ccccc2-c2ccccc21. The average molecular weight is 337 g/mol. The molecule has 1 saturated heterocycles. The van der Waals surface area contributed by atoms with Gasteiger partial charge in [0.2, 0.25) is 5.91 Å². The first-order chi connectivity index (χ1) is 12.2. The Labute approximate surface area is 145 Å². The molecular formula is C20H19NO4. The van der Waals surface area contributed by atoms with Gasteiger partial charge >= 0.3 is 5.97 Å². The largest absolute Gasteiger partial charge is 0.481 e. The van der Waals surface area contributed by atoms with Gasteiger partial charge in [-0.1, -0.05) is 48.5 Å². The fourth-order valence-corrected chi connectivity index (χ4v) is 3.90. The normalized spacial score (nSPS) is 19.4. The van der Waals surface area contributed by atoms with E-state index in [1.54, 1.807) is 4.90 Å². The minimum absolute atomic E-state index is 0.0352. The minimum Gasteiger partial charge on any atom is -0.481 e. The fourth-order valence-electron chi connectivity index (χ4n) is 3.90. The monoisotopic (exact) mass is 337 g/mol. The molecule has 1 amide bonds. The summed E-state index contributed by atoms with van der Waals surface area (Å²) >= 11 is 0. The highest BCUT2D eigenvalue weighted by Crippen LogP contribution is 2.45. The summed E-state index contributed by atoms with van der Waals surface area (Å²) in [5.41, 5.74) is 4.16. The van der Waals surface area contributed by atoms with Crippen molar-refractivity contribution in [2.45, 2.75) is 18.4 Å². The zero-order chi connectivity index (χ0) is 17.4. The predicted molar refractivity (Wildman–Crippen MR) is 92.3 cm³/mol. The van der Waals surface area contributed by atoms with Crippen LogP contribution in [0.3, 0.4) is 0 Å². The van der Waals surface area contributed by atoms with Crippen LogP contribution in [0.2, 0.25) is 0 Å². The van der Waals surface area contributed by atoms with Crippen LogP contribution in [0.5, 0.6) is 0 Å². The Morgan fingerprint density at radius 3 is 2.24 bits per heavy atom. The highest BCUT2D eigenvalue weighted by atomic mass is 16.5. The first-order valence-corrected chi connectivity index (χ1v) is 8.45. The van der Waals surface area contributed by atoms with Crippen molar-refractivity contribution < 1.29 is 19.4 Å². The van der Waals surface area contributed by atoms with E-state index in [4.69, 9.17) is 9.84 Å². The number of carboxylic acid groups (broad SMARTS) is 1. The first-order valence-electron chi connectivity index (χ1n) is 8.45. The number of carbonyl (C=O) groups is 2. The maximum Gasteiger partial charge on any atom is 0.305 e. The van der Waals surface area contributed by atoms with Crippen molar-refractivity contribution in [1.82, 2.24) is 4.90 Å². The summed E-state index contributed by atoms with van der Waals surface area (Å²) in [5, 5.41) is 9.15. The molecule has 0 radical (unpaired) electrons. The van der Waals surface area contributed by atoms with Crippen molar-refractivity contribution >= 4 is 11.9 Å². The summed E-state index contributed by atoms with van der Waals surface area (Å²) in [5.74, 6) is -1.32. The third-order valence-electron chi connectivity index (χ3n) is 5.00. The number of amides is 1. The van der Waals surface area contributed by atoms with Crippen molar-refractivity contribution in [3.05, 3.63) is 59.7 Å². The van der Waals surface area contributed by atoms with E-state index < -0.39 is 12.0 Å². The lowest BCUT2D eigenvalue weighted by atomic mass is 9.94. The molecule has 128 valence electrons. The van der Waals surface area contributed by atoms with Gasteiger partial charge in [0.25, 0.3) is 0 Å². The van der Waals surface area contributed by atoms with E-state index in [2.05, 4.69) is 0 Å². The van der Waals surface area contributed by atoms with Crippen molar-refractivity contribution in [1.29, 1.82) is 0 Å². The zero-order valence-corrected chi connectivity index (χ0v) is 13.7. The second kappa shape index (κ2) is 6.33. The molecule has 2 aliphatic rings. The van der Waals surface area contributed by atoms with Crippen LogP contribution in [0.4, 0.5) is 0 Å². The molecule has 1 N–H and O–H groups in total. The van der Waals surface area contributed by atoms with Gasteiger partial charge in [0.05, 0.1) is 31.6 Å². The van der Waals surface area contributed by atoms with Gasteiger partial charge < -0.3 is 14.7 Å². The molecule has 25 heavy (non-hydrogen) atoms. The maximum atomic E-state index is 13.4. The average Bonchev–Trinajstić information content (AvgIpc) is 2.96. The Morgan fingerprint density at radius 1 is 1.04 bits per heavy atom. The van der Waals surface area contributed by atoms with Gasteiger partial charge in [0, 0.05) is 6.54 Å². The molecule has 5 nitrogen and oxygen atoms in total. The van der Waals surface area contributed by atoms with Crippen LogP contribution >= 0.6 is 0 Å². The molecule has 1 aliphatic carbocycles. The molecule has 0 saturated carbocycles. The Hall–Kier alpha value is -2.66. The second-order valence-corrected chi connectivity index (χ2v) is 6.47. The van der Waals surface area contributed by atoms with Gasteiger partial charge in [-0.05, 0) is 22.3 Å². The standard InChI is InChI=1S/C20H19NO4/c22-18(23)11-13-12-25-10-9-21(13)20(24)19-16-7-3-1-5-14(16)15-6-2-4-8-17(15)19/h1-8,13,19H,9-12H2,(H,22,23)/t13-/m1/s1. The Morgan fingerprint density at radius 2 is 1.64 bits per heavy atom. The number of carboxylic acids is 1. The number of ether oxygens (including phenoxy) is 1. The topological polar surface area (TPSA) is 66.8 Å². The van der Waals surface area contributed by atoms with Crippen LogP contribution < -0.4 is 0 Å². The highest BCUT2D eigenvalue weighted by Gasteiger charge is 2.39. The quantitative estimate of drug-likeness (QED) is 0.934. The summed E-state index contributed by atoms with van der Waals surface area (Å²) in [4.78, 5) is 26.3. The van der Waals surface area contributed by atoms with E-state index in [1.807, 2.05) is 48.5 Å². The Balaban J connectivity index is 1.73. The van der Waals surface area contributed by atoms with Crippen LogP contribution in [0.15, 0.2) is 48.5 Å². The van der Waals surface area contributed by atoms with Crippen molar-refractivity contribution in [2.24, 2.45) is 0 Å². The summed E-state index contributed by atoms with van der Waals surface area (Å²) in [7, 11) is 0.